The number of nitrogens with zero attached hydrogens (tertiary/aromatic N) is 3. The molecule has 0 bridgehead atoms. The molecule has 0 amide bonds. The topological polar surface area (TPSA) is 68.0 Å². The minimum Gasteiger partial charge on any atom is -0.481 e. The van der Waals surface area contributed by atoms with Crippen molar-refractivity contribution in [2.75, 3.05) is 5.75 Å². The van der Waals surface area contributed by atoms with Crippen molar-refractivity contribution in [2.24, 2.45) is 0 Å². The number of hydrogen-bond donors (Lipinski definition) is 1. The summed E-state index contributed by atoms with van der Waals surface area (Å²) < 4.78 is 38.3. The molecule has 106 valence electrons. The molecule has 0 saturated heterocycles. The van der Waals surface area contributed by atoms with Gasteiger partial charge in [0.1, 0.15) is 5.82 Å². The fourth-order valence-electron chi connectivity index (χ4n) is 1.66. The molecule has 1 aromatic rings. The highest BCUT2D eigenvalue weighted by Crippen LogP contribution is 2.39. The molecule has 0 spiro atoms. The zero-order valence-corrected chi connectivity index (χ0v) is 10.7. The van der Waals surface area contributed by atoms with Crippen LogP contribution in [-0.4, -0.2) is 37.8 Å². The molecular formula is C10H12F3N3O2S. The lowest BCUT2D eigenvalue weighted by atomic mass is 10.3. The van der Waals surface area contributed by atoms with Gasteiger partial charge in [-0.25, -0.2) is 0 Å². The average molecular weight is 295 g/mol. The summed E-state index contributed by atoms with van der Waals surface area (Å²) in [5, 5.41) is 16.6. The summed E-state index contributed by atoms with van der Waals surface area (Å²) in [4.78, 5) is 10.5. The molecular weight excluding hydrogens is 283 g/mol. The zero-order chi connectivity index (χ0) is 14.0. The molecule has 1 saturated carbocycles. The predicted octanol–water partition coefficient (Wildman–Crippen LogP) is 2.28. The Morgan fingerprint density at radius 3 is 2.63 bits per heavy atom. The van der Waals surface area contributed by atoms with Gasteiger partial charge in [-0.05, 0) is 12.8 Å². The van der Waals surface area contributed by atoms with Gasteiger partial charge in [-0.15, -0.1) is 10.2 Å². The van der Waals surface area contributed by atoms with Crippen LogP contribution >= 0.6 is 11.8 Å². The Hall–Kier alpha value is -1.25. The first-order valence-corrected chi connectivity index (χ1v) is 6.70. The van der Waals surface area contributed by atoms with Gasteiger partial charge in [-0.3, -0.25) is 4.79 Å². The van der Waals surface area contributed by atoms with Crippen LogP contribution in [0.5, 0.6) is 0 Å². The molecule has 0 unspecified atom stereocenters. The number of rotatable bonds is 6. The SMILES string of the molecule is O=C(O)CSc1nnc(CCC(F)(F)F)n1C1CC1. The fourth-order valence-corrected chi connectivity index (χ4v) is 2.40. The Bertz CT molecular complexity index is 471. The first-order chi connectivity index (χ1) is 8.87. The van der Waals surface area contributed by atoms with Crippen LogP contribution in [0, 0.1) is 0 Å². The van der Waals surface area contributed by atoms with Gasteiger partial charge in [0.15, 0.2) is 5.16 Å². The Kier molecular flexibility index (Phi) is 4.02. The number of carboxylic acid groups (broad SMARTS) is 1. The minimum atomic E-state index is -4.23. The van der Waals surface area contributed by atoms with Crippen LogP contribution in [0.2, 0.25) is 0 Å². The van der Waals surface area contributed by atoms with Crippen molar-refractivity contribution in [2.45, 2.75) is 43.1 Å². The van der Waals surface area contributed by atoms with Crippen LogP contribution in [0.25, 0.3) is 0 Å². The first-order valence-electron chi connectivity index (χ1n) is 5.72. The number of aliphatic carboxylic acids is 1. The number of aromatic nitrogens is 3. The van der Waals surface area contributed by atoms with E-state index >= 15 is 0 Å². The average Bonchev–Trinajstić information content (AvgIpc) is 3.04. The third-order valence-corrected chi connectivity index (χ3v) is 3.53. The second kappa shape index (κ2) is 5.40. The van der Waals surface area contributed by atoms with Gasteiger partial charge in [0.2, 0.25) is 0 Å². The maximum Gasteiger partial charge on any atom is 0.389 e. The molecule has 0 radical (unpaired) electrons. The van der Waals surface area contributed by atoms with E-state index in [1.807, 2.05) is 0 Å². The summed E-state index contributed by atoms with van der Waals surface area (Å²) in [7, 11) is 0. The summed E-state index contributed by atoms with van der Waals surface area (Å²) >= 11 is 0.986. The Labute approximate surface area is 111 Å². The number of thioether (sulfide) groups is 1. The molecule has 1 N–H and O–H groups in total. The minimum absolute atomic E-state index is 0.120. The lowest BCUT2D eigenvalue weighted by molar-refractivity contribution is -0.135. The molecule has 9 heteroatoms. The summed E-state index contributed by atoms with van der Waals surface area (Å²) in [6, 6.07) is 0.120. The highest BCUT2D eigenvalue weighted by atomic mass is 32.2. The second-order valence-electron chi connectivity index (χ2n) is 4.30. The molecule has 1 aromatic heterocycles. The van der Waals surface area contributed by atoms with E-state index in [0.29, 0.717) is 5.16 Å². The summed E-state index contributed by atoms with van der Waals surface area (Å²) in [6.07, 6.45) is -3.65. The van der Waals surface area contributed by atoms with Crippen LogP contribution in [0.3, 0.4) is 0 Å². The molecule has 0 aromatic carbocycles. The molecule has 5 nitrogen and oxygen atoms in total. The molecule has 1 aliphatic rings. The van der Waals surface area contributed by atoms with Gasteiger partial charge >= 0.3 is 12.1 Å². The standard InChI is InChI=1S/C10H12F3N3O2S/c11-10(12,13)4-3-7-14-15-9(19-5-8(17)18)16(7)6-1-2-6/h6H,1-5H2,(H,17,18). The number of hydrogen-bond acceptors (Lipinski definition) is 4. The van der Waals surface area contributed by atoms with Crippen LogP contribution < -0.4 is 0 Å². The van der Waals surface area contributed by atoms with Crippen molar-refractivity contribution >= 4 is 17.7 Å². The maximum absolute atomic E-state index is 12.2. The Morgan fingerprint density at radius 1 is 1.42 bits per heavy atom. The number of carboxylic acids is 1. The van der Waals surface area contributed by atoms with Gasteiger partial charge in [-0.1, -0.05) is 11.8 Å². The molecule has 2 rings (SSSR count). The lowest BCUT2D eigenvalue weighted by Gasteiger charge is -2.09. The largest absolute Gasteiger partial charge is 0.481 e. The fraction of sp³-hybridized carbons (Fsp3) is 0.700. The Morgan fingerprint density at radius 2 is 2.11 bits per heavy atom. The monoisotopic (exact) mass is 295 g/mol. The highest BCUT2D eigenvalue weighted by Gasteiger charge is 2.32. The van der Waals surface area contributed by atoms with Crippen LogP contribution in [0.1, 0.15) is 31.1 Å². The van der Waals surface area contributed by atoms with E-state index in [4.69, 9.17) is 5.11 Å². The van der Waals surface area contributed by atoms with E-state index in [-0.39, 0.29) is 24.0 Å². The van der Waals surface area contributed by atoms with Crippen molar-refractivity contribution in [3.05, 3.63) is 5.82 Å². The predicted molar refractivity (Wildman–Crippen MR) is 61.0 cm³/mol. The van der Waals surface area contributed by atoms with Gasteiger partial charge < -0.3 is 9.67 Å². The van der Waals surface area contributed by atoms with Crippen molar-refractivity contribution < 1.29 is 23.1 Å². The van der Waals surface area contributed by atoms with Crippen molar-refractivity contribution in [3.8, 4) is 0 Å². The molecule has 0 aliphatic heterocycles. The molecule has 0 atom stereocenters. The number of aryl methyl sites for hydroxylation is 1. The van der Waals surface area contributed by atoms with Crippen molar-refractivity contribution in [3.63, 3.8) is 0 Å². The number of carbonyl (C=O) groups is 1. The normalized spacial score (nSPS) is 15.7. The zero-order valence-electron chi connectivity index (χ0n) is 9.85. The second-order valence-corrected chi connectivity index (χ2v) is 5.24. The number of halogens is 3. The van der Waals surface area contributed by atoms with Crippen LogP contribution in [-0.2, 0) is 11.2 Å². The molecule has 1 heterocycles. The molecule has 1 fully saturated rings. The van der Waals surface area contributed by atoms with Crippen molar-refractivity contribution in [1.82, 2.24) is 14.8 Å². The lowest BCUT2D eigenvalue weighted by Crippen LogP contribution is -2.12. The van der Waals surface area contributed by atoms with Crippen LogP contribution in [0.4, 0.5) is 13.2 Å². The number of alkyl halides is 3. The van der Waals surface area contributed by atoms with Gasteiger partial charge in [-0.2, -0.15) is 13.2 Å². The summed E-state index contributed by atoms with van der Waals surface area (Å²) in [5.74, 6) is -0.885. The van der Waals surface area contributed by atoms with E-state index in [2.05, 4.69) is 10.2 Å². The smallest absolute Gasteiger partial charge is 0.389 e. The van der Waals surface area contributed by atoms with E-state index in [0.717, 1.165) is 24.6 Å². The van der Waals surface area contributed by atoms with Crippen molar-refractivity contribution in [1.29, 1.82) is 0 Å². The van der Waals surface area contributed by atoms with Gasteiger partial charge in [0.05, 0.1) is 12.2 Å². The highest BCUT2D eigenvalue weighted by molar-refractivity contribution is 7.99. The van der Waals surface area contributed by atoms with Gasteiger partial charge in [0.25, 0.3) is 0 Å². The maximum atomic E-state index is 12.2. The van der Waals surface area contributed by atoms with E-state index in [1.54, 1.807) is 4.57 Å². The summed E-state index contributed by atoms with van der Waals surface area (Å²) in [6.45, 7) is 0. The molecule has 1 aliphatic carbocycles. The quantitative estimate of drug-likeness (QED) is 0.815. The third kappa shape index (κ3) is 4.12. The van der Waals surface area contributed by atoms with E-state index in [9.17, 15) is 18.0 Å². The van der Waals surface area contributed by atoms with E-state index in [1.165, 1.54) is 0 Å². The van der Waals surface area contributed by atoms with E-state index < -0.39 is 18.6 Å². The first kappa shape index (κ1) is 14.2. The Balaban J connectivity index is 2.08. The van der Waals surface area contributed by atoms with Gasteiger partial charge in [0, 0.05) is 12.5 Å². The van der Waals surface area contributed by atoms with Crippen LogP contribution in [0.15, 0.2) is 5.16 Å². The summed E-state index contributed by atoms with van der Waals surface area (Å²) in [5.41, 5.74) is 0. The molecule has 19 heavy (non-hydrogen) atoms. The third-order valence-electron chi connectivity index (χ3n) is 2.60.